The molecule has 0 saturated heterocycles. The molecule has 0 spiro atoms. The van der Waals surface area contributed by atoms with Crippen molar-refractivity contribution in [2.45, 2.75) is 6.42 Å². The second kappa shape index (κ2) is 6.66. The van der Waals surface area contributed by atoms with Crippen LogP contribution >= 0.6 is 22.9 Å². The molecular weight excluding hydrogens is 360 g/mol. The van der Waals surface area contributed by atoms with Gasteiger partial charge >= 0.3 is 0 Å². The van der Waals surface area contributed by atoms with Crippen molar-refractivity contribution >= 4 is 28.7 Å². The number of thiophene rings is 1. The summed E-state index contributed by atoms with van der Waals surface area (Å²) in [6.07, 6.45) is 3.25. The first kappa shape index (κ1) is 15.8. The Hall–Kier alpha value is -2.70. The van der Waals surface area contributed by atoms with Gasteiger partial charge in [0.15, 0.2) is 11.6 Å². The van der Waals surface area contributed by atoms with Crippen LogP contribution in [0.25, 0.3) is 10.4 Å². The molecule has 0 radical (unpaired) electrons. The zero-order valence-electron chi connectivity index (χ0n) is 12.8. The van der Waals surface area contributed by atoms with Crippen molar-refractivity contribution in [2.24, 2.45) is 0 Å². The molecule has 25 heavy (non-hydrogen) atoms. The van der Waals surface area contributed by atoms with E-state index in [9.17, 15) is 4.79 Å². The third kappa shape index (κ3) is 3.26. The average molecular weight is 371 g/mol. The van der Waals surface area contributed by atoms with E-state index in [1.54, 1.807) is 12.1 Å². The first-order chi connectivity index (χ1) is 12.2. The number of benzene rings is 1. The predicted molar refractivity (Wildman–Crippen MR) is 94.0 cm³/mol. The molecule has 0 N–H and O–H groups in total. The maximum absolute atomic E-state index is 12.6. The molecule has 0 fully saturated rings. The highest BCUT2D eigenvalue weighted by Crippen LogP contribution is 2.35. The Morgan fingerprint density at radius 3 is 2.72 bits per heavy atom. The molecule has 124 valence electrons. The van der Waals surface area contributed by atoms with Crippen molar-refractivity contribution < 1.29 is 13.7 Å². The Labute approximate surface area is 151 Å². The molecule has 0 aliphatic rings. The fourth-order valence-corrected chi connectivity index (χ4v) is 3.74. The Morgan fingerprint density at radius 1 is 1.20 bits per heavy atom. The van der Waals surface area contributed by atoms with E-state index in [0.29, 0.717) is 27.9 Å². The quantitative estimate of drug-likeness (QED) is 0.469. The van der Waals surface area contributed by atoms with Gasteiger partial charge in [-0.05, 0) is 41.5 Å². The van der Waals surface area contributed by atoms with E-state index in [0.717, 1.165) is 16.0 Å². The van der Waals surface area contributed by atoms with Crippen molar-refractivity contribution in [1.82, 2.24) is 10.1 Å². The Bertz CT molecular complexity index is 990. The largest absolute Gasteiger partial charge is 0.461 e. The minimum absolute atomic E-state index is 0.149. The van der Waals surface area contributed by atoms with Gasteiger partial charge in [-0.2, -0.15) is 4.98 Å². The molecule has 7 heteroatoms. The van der Waals surface area contributed by atoms with Gasteiger partial charge in [0.05, 0.1) is 11.1 Å². The maximum atomic E-state index is 12.6. The molecule has 3 aromatic heterocycles. The van der Waals surface area contributed by atoms with Gasteiger partial charge in [0, 0.05) is 16.3 Å². The van der Waals surface area contributed by atoms with Crippen LogP contribution in [0.4, 0.5) is 0 Å². The Kier molecular flexibility index (Phi) is 4.21. The van der Waals surface area contributed by atoms with Gasteiger partial charge in [0.2, 0.25) is 12.2 Å². The summed E-state index contributed by atoms with van der Waals surface area (Å²) in [7, 11) is 0. The summed E-state index contributed by atoms with van der Waals surface area (Å²) in [5.74, 6) is 0.726. The van der Waals surface area contributed by atoms with E-state index in [2.05, 4.69) is 10.1 Å². The van der Waals surface area contributed by atoms with Crippen molar-refractivity contribution in [1.29, 1.82) is 0 Å². The van der Waals surface area contributed by atoms with Crippen LogP contribution in [0.2, 0.25) is 5.02 Å². The Balaban J connectivity index is 1.77. The van der Waals surface area contributed by atoms with Crippen LogP contribution in [0.5, 0.6) is 0 Å². The van der Waals surface area contributed by atoms with Crippen LogP contribution in [0, 0.1) is 0 Å². The monoisotopic (exact) mass is 370 g/mol. The molecule has 0 unspecified atom stereocenters. The summed E-state index contributed by atoms with van der Waals surface area (Å²) < 4.78 is 10.0. The number of hydrogen-bond donors (Lipinski definition) is 0. The predicted octanol–water partition coefficient (Wildman–Crippen LogP) is 4.87. The minimum atomic E-state index is -0.149. The normalized spacial score (nSPS) is 10.9. The van der Waals surface area contributed by atoms with Crippen molar-refractivity contribution in [3.05, 3.63) is 82.2 Å². The van der Waals surface area contributed by atoms with E-state index in [4.69, 9.17) is 20.5 Å². The summed E-state index contributed by atoms with van der Waals surface area (Å²) in [4.78, 5) is 18.2. The summed E-state index contributed by atoms with van der Waals surface area (Å²) in [5.41, 5.74) is 1.93. The summed E-state index contributed by atoms with van der Waals surface area (Å²) in [5, 5.41) is 4.52. The van der Waals surface area contributed by atoms with Crippen molar-refractivity contribution in [2.75, 3.05) is 0 Å². The highest BCUT2D eigenvalue weighted by molar-refractivity contribution is 7.17. The van der Waals surface area contributed by atoms with Crippen molar-refractivity contribution in [3.8, 4) is 10.4 Å². The van der Waals surface area contributed by atoms with Crippen LogP contribution in [0.15, 0.2) is 64.1 Å². The second-order valence-corrected chi connectivity index (χ2v) is 6.79. The highest BCUT2D eigenvalue weighted by Gasteiger charge is 2.20. The van der Waals surface area contributed by atoms with Crippen LogP contribution < -0.4 is 0 Å². The highest BCUT2D eigenvalue weighted by atomic mass is 35.5. The lowest BCUT2D eigenvalue weighted by atomic mass is 10.1. The van der Waals surface area contributed by atoms with E-state index in [-0.39, 0.29) is 5.78 Å². The van der Waals surface area contributed by atoms with Gasteiger partial charge in [-0.25, -0.2) is 0 Å². The number of furan rings is 1. The van der Waals surface area contributed by atoms with Crippen LogP contribution in [0.1, 0.15) is 26.8 Å². The van der Waals surface area contributed by atoms with E-state index in [1.807, 2.05) is 30.3 Å². The molecule has 4 aromatic rings. The molecule has 3 heterocycles. The number of ketones is 1. The maximum Gasteiger partial charge on any atom is 0.238 e. The third-order valence-electron chi connectivity index (χ3n) is 3.64. The first-order valence-electron chi connectivity index (χ1n) is 7.43. The van der Waals surface area contributed by atoms with Gasteiger partial charge in [0.1, 0.15) is 0 Å². The summed E-state index contributed by atoms with van der Waals surface area (Å²) >= 11 is 7.39. The average Bonchev–Trinajstić information content (AvgIpc) is 3.37. The Morgan fingerprint density at radius 2 is 2.04 bits per heavy atom. The molecule has 1 aromatic carbocycles. The molecule has 5 nitrogen and oxygen atoms in total. The molecule has 0 aliphatic heterocycles. The third-order valence-corrected chi connectivity index (χ3v) is 5.12. The van der Waals surface area contributed by atoms with E-state index < -0.39 is 0 Å². The topological polar surface area (TPSA) is 69.1 Å². The standard InChI is InChI=1S/C18H11ClN2O3S/c19-13-5-3-11(4-6-13)18-12(9-16-20-10-24-21-16)8-15(25-18)17(22)14-2-1-7-23-14/h1-8,10H,9H2. The number of rotatable bonds is 5. The lowest BCUT2D eigenvalue weighted by molar-refractivity contribution is 0.101. The molecular formula is C18H11ClN2O3S. The zero-order valence-corrected chi connectivity index (χ0v) is 14.4. The van der Waals surface area contributed by atoms with E-state index >= 15 is 0 Å². The summed E-state index contributed by atoms with van der Waals surface area (Å²) in [6.45, 7) is 0. The SMILES string of the molecule is O=C(c1ccco1)c1cc(Cc2ncon2)c(-c2ccc(Cl)cc2)s1. The number of hydrogen-bond acceptors (Lipinski definition) is 6. The smallest absolute Gasteiger partial charge is 0.238 e. The second-order valence-electron chi connectivity index (χ2n) is 5.30. The fourth-order valence-electron chi connectivity index (χ4n) is 2.49. The van der Waals surface area contributed by atoms with Gasteiger partial charge < -0.3 is 8.94 Å². The lowest BCUT2D eigenvalue weighted by Crippen LogP contribution is -1.96. The van der Waals surface area contributed by atoms with Gasteiger partial charge in [0.25, 0.3) is 0 Å². The number of aromatic nitrogens is 2. The molecule has 0 aliphatic carbocycles. The van der Waals surface area contributed by atoms with E-state index in [1.165, 1.54) is 24.0 Å². The minimum Gasteiger partial charge on any atom is -0.461 e. The first-order valence-corrected chi connectivity index (χ1v) is 8.62. The molecule has 0 amide bonds. The molecule has 0 bridgehead atoms. The van der Waals surface area contributed by atoms with Crippen LogP contribution in [-0.4, -0.2) is 15.9 Å². The fraction of sp³-hybridized carbons (Fsp3) is 0.0556. The number of halogens is 1. The molecule has 0 saturated carbocycles. The number of carbonyl (C=O) groups is 1. The van der Waals surface area contributed by atoms with Crippen LogP contribution in [0.3, 0.4) is 0 Å². The molecule has 4 rings (SSSR count). The van der Waals surface area contributed by atoms with Gasteiger partial charge in [-0.15, -0.1) is 11.3 Å². The molecule has 0 atom stereocenters. The number of carbonyl (C=O) groups excluding carboxylic acids is 1. The van der Waals surface area contributed by atoms with Crippen LogP contribution in [-0.2, 0) is 6.42 Å². The number of nitrogens with zero attached hydrogens (tertiary/aromatic N) is 2. The lowest BCUT2D eigenvalue weighted by Gasteiger charge is -2.02. The van der Waals surface area contributed by atoms with Gasteiger partial charge in [-0.1, -0.05) is 28.9 Å². The summed E-state index contributed by atoms with van der Waals surface area (Å²) in [6, 6.07) is 12.7. The van der Waals surface area contributed by atoms with Gasteiger partial charge in [-0.3, -0.25) is 4.79 Å². The van der Waals surface area contributed by atoms with Crippen molar-refractivity contribution in [3.63, 3.8) is 0 Å². The zero-order chi connectivity index (χ0) is 17.2.